The zero-order valence-corrected chi connectivity index (χ0v) is 11.8. The average Bonchev–Trinajstić information content (AvgIpc) is 2.48. The summed E-state index contributed by atoms with van der Waals surface area (Å²) < 4.78 is 19.6. The first-order chi connectivity index (χ1) is 9.63. The van der Waals surface area contributed by atoms with Crippen molar-refractivity contribution in [3.05, 3.63) is 65.5 Å². The van der Waals surface area contributed by atoms with Crippen molar-refractivity contribution in [3.8, 4) is 5.75 Å². The number of hydrogen-bond acceptors (Lipinski definition) is 2. The average molecular weight is 274 g/mol. The van der Waals surface area contributed by atoms with Crippen molar-refractivity contribution < 1.29 is 14.2 Å². The van der Waals surface area contributed by atoms with Crippen LogP contribution in [0.5, 0.6) is 5.75 Å². The van der Waals surface area contributed by atoms with Gasteiger partial charge >= 0.3 is 0 Å². The predicted octanol–water partition coefficient (Wildman–Crippen LogP) is 3.87. The van der Waals surface area contributed by atoms with Gasteiger partial charge in [-0.2, -0.15) is 0 Å². The molecule has 0 radical (unpaired) electrons. The van der Waals surface area contributed by atoms with Gasteiger partial charge in [0, 0.05) is 11.1 Å². The molecule has 106 valence electrons. The molecule has 0 aliphatic heterocycles. The number of para-hydroxylation sites is 1. The van der Waals surface area contributed by atoms with Crippen LogP contribution in [-0.2, 0) is 5.60 Å². The van der Waals surface area contributed by atoms with E-state index in [9.17, 15) is 9.50 Å². The van der Waals surface area contributed by atoms with E-state index < -0.39 is 11.4 Å². The summed E-state index contributed by atoms with van der Waals surface area (Å²) in [6, 6.07) is 13.5. The normalized spacial score (nSPS) is 13.8. The van der Waals surface area contributed by atoms with E-state index in [4.69, 9.17) is 4.74 Å². The lowest BCUT2D eigenvalue weighted by Crippen LogP contribution is -2.28. The third-order valence-electron chi connectivity index (χ3n) is 3.46. The Morgan fingerprint density at radius 3 is 2.20 bits per heavy atom. The zero-order valence-electron chi connectivity index (χ0n) is 11.8. The molecule has 2 nitrogen and oxygen atoms in total. The maximum Gasteiger partial charge on any atom is 0.129 e. The molecular weight excluding hydrogens is 255 g/mol. The number of halogens is 1. The second kappa shape index (κ2) is 6.06. The molecule has 1 atom stereocenters. The largest absolute Gasteiger partial charge is 0.493 e. The highest BCUT2D eigenvalue weighted by Crippen LogP contribution is 2.39. The minimum Gasteiger partial charge on any atom is -0.493 e. The van der Waals surface area contributed by atoms with E-state index in [0.717, 1.165) is 0 Å². The van der Waals surface area contributed by atoms with Crippen LogP contribution in [0.4, 0.5) is 4.39 Å². The molecule has 2 rings (SSSR count). The van der Waals surface area contributed by atoms with Crippen LogP contribution in [0.2, 0.25) is 0 Å². The molecule has 0 spiro atoms. The van der Waals surface area contributed by atoms with Gasteiger partial charge in [-0.25, -0.2) is 4.39 Å². The summed E-state index contributed by atoms with van der Waals surface area (Å²) in [5.41, 5.74) is -0.527. The molecule has 0 saturated heterocycles. The maximum absolute atomic E-state index is 14.1. The van der Waals surface area contributed by atoms with E-state index in [-0.39, 0.29) is 5.56 Å². The lowest BCUT2D eigenvalue weighted by Gasteiger charge is -2.30. The number of aliphatic hydroxyl groups is 1. The molecule has 0 fully saturated rings. The van der Waals surface area contributed by atoms with Gasteiger partial charge < -0.3 is 9.84 Å². The van der Waals surface area contributed by atoms with Crippen LogP contribution in [0, 0.1) is 5.82 Å². The molecule has 1 unspecified atom stereocenters. The van der Waals surface area contributed by atoms with Crippen LogP contribution < -0.4 is 4.74 Å². The van der Waals surface area contributed by atoms with E-state index in [0.29, 0.717) is 24.3 Å². The fraction of sp³-hybridized carbons (Fsp3) is 0.294. The Balaban J connectivity index is 2.59. The zero-order chi connectivity index (χ0) is 14.6. The molecule has 0 aliphatic carbocycles. The predicted molar refractivity (Wildman–Crippen MR) is 77.3 cm³/mol. The quantitative estimate of drug-likeness (QED) is 0.896. The highest BCUT2D eigenvalue weighted by Gasteiger charge is 2.34. The van der Waals surface area contributed by atoms with Crippen LogP contribution in [-0.4, -0.2) is 11.7 Å². The summed E-state index contributed by atoms with van der Waals surface area (Å²) in [5.74, 6) is 0.172. The Hall–Kier alpha value is -1.87. The summed E-state index contributed by atoms with van der Waals surface area (Å²) in [4.78, 5) is 0. The Labute approximate surface area is 118 Å². The van der Waals surface area contributed by atoms with Crippen LogP contribution >= 0.6 is 0 Å². The molecule has 0 aliphatic rings. The number of hydrogen-bond donors (Lipinski definition) is 1. The topological polar surface area (TPSA) is 29.5 Å². The van der Waals surface area contributed by atoms with Crippen molar-refractivity contribution in [1.82, 2.24) is 0 Å². The Kier molecular flexibility index (Phi) is 4.40. The lowest BCUT2D eigenvalue weighted by molar-refractivity contribution is 0.0691. The third kappa shape index (κ3) is 2.54. The molecule has 0 saturated carbocycles. The van der Waals surface area contributed by atoms with Gasteiger partial charge in [0.1, 0.15) is 17.2 Å². The van der Waals surface area contributed by atoms with Crippen molar-refractivity contribution in [1.29, 1.82) is 0 Å². The Morgan fingerprint density at radius 1 is 1.00 bits per heavy atom. The highest BCUT2D eigenvalue weighted by atomic mass is 19.1. The Bertz CT molecular complexity index is 583. The molecular formula is C17H19FO2. The second-order valence-electron chi connectivity index (χ2n) is 4.62. The number of benzene rings is 2. The summed E-state index contributed by atoms with van der Waals surface area (Å²) in [7, 11) is 0. The minimum absolute atomic E-state index is 0.273. The second-order valence-corrected chi connectivity index (χ2v) is 4.62. The van der Waals surface area contributed by atoms with Gasteiger partial charge in [0.15, 0.2) is 0 Å². The molecule has 20 heavy (non-hydrogen) atoms. The van der Waals surface area contributed by atoms with Crippen LogP contribution in [0.25, 0.3) is 0 Å². The molecule has 0 heterocycles. The SMILES string of the molecule is CCOc1ccccc1C(O)(CC)c1ccccc1F. The monoisotopic (exact) mass is 274 g/mol. The standard InChI is InChI=1S/C17H19FO2/c1-3-17(19,13-9-5-7-11-15(13)18)14-10-6-8-12-16(14)20-4-2/h5-12,19H,3-4H2,1-2H3. The number of ether oxygens (including phenoxy) is 1. The maximum atomic E-state index is 14.1. The van der Waals surface area contributed by atoms with Gasteiger partial charge in [-0.3, -0.25) is 0 Å². The fourth-order valence-corrected chi connectivity index (χ4v) is 2.41. The van der Waals surface area contributed by atoms with Crippen molar-refractivity contribution in [2.45, 2.75) is 25.9 Å². The lowest BCUT2D eigenvalue weighted by atomic mass is 9.83. The molecule has 1 N–H and O–H groups in total. The van der Waals surface area contributed by atoms with Gasteiger partial charge in [0.25, 0.3) is 0 Å². The fourth-order valence-electron chi connectivity index (χ4n) is 2.41. The first-order valence-corrected chi connectivity index (χ1v) is 6.83. The van der Waals surface area contributed by atoms with E-state index in [2.05, 4.69) is 0 Å². The smallest absolute Gasteiger partial charge is 0.129 e. The summed E-state index contributed by atoms with van der Waals surface area (Å²) >= 11 is 0. The molecule has 0 aromatic heterocycles. The van der Waals surface area contributed by atoms with Gasteiger partial charge in [0.2, 0.25) is 0 Å². The molecule has 0 bridgehead atoms. The molecule has 0 amide bonds. The number of rotatable bonds is 5. The van der Waals surface area contributed by atoms with E-state index >= 15 is 0 Å². The minimum atomic E-state index is -1.39. The van der Waals surface area contributed by atoms with Gasteiger partial charge in [0.05, 0.1) is 6.61 Å². The van der Waals surface area contributed by atoms with E-state index in [1.54, 1.807) is 30.3 Å². The molecule has 2 aromatic rings. The van der Waals surface area contributed by atoms with E-state index in [1.807, 2.05) is 26.0 Å². The van der Waals surface area contributed by atoms with Gasteiger partial charge in [-0.1, -0.05) is 43.3 Å². The van der Waals surface area contributed by atoms with Crippen LogP contribution in [0.15, 0.2) is 48.5 Å². The van der Waals surface area contributed by atoms with Crippen LogP contribution in [0.1, 0.15) is 31.4 Å². The molecule has 3 heteroatoms. The molecule has 2 aromatic carbocycles. The van der Waals surface area contributed by atoms with Crippen molar-refractivity contribution >= 4 is 0 Å². The summed E-state index contributed by atoms with van der Waals surface area (Å²) in [5, 5.41) is 11.0. The van der Waals surface area contributed by atoms with Crippen molar-refractivity contribution in [2.75, 3.05) is 6.61 Å². The van der Waals surface area contributed by atoms with Gasteiger partial charge in [-0.15, -0.1) is 0 Å². The summed E-state index contributed by atoms with van der Waals surface area (Å²) in [6.07, 6.45) is 0.359. The first kappa shape index (κ1) is 14.5. The van der Waals surface area contributed by atoms with Crippen molar-refractivity contribution in [2.24, 2.45) is 0 Å². The van der Waals surface area contributed by atoms with E-state index in [1.165, 1.54) is 6.07 Å². The van der Waals surface area contributed by atoms with Gasteiger partial charge in [-0.05, 0) is 25.5 Å². The third-order valence-corrected chi connectivity index (χ3v) is 3.46. The van der Waals surface area contributed by atoms with Crippen molar-refractivity contribution in [3.63, 3.8) is 0 Å². The van der Waals surface area contributed by atoms with Crippen LogP contribution in [0.3, 0.4) is 0 Å². The Morgan fingerprint density at radius 2 is 1.60 bits per heavy atom. The summed E-state index contributed by atoms with van der Waals surface area (Å²) in [6.45, 7) is 4.20. The highest BCUT2D eigenvalue weighted by molar-refractivity contribution is 5.45. The first-order valence-electron chi connectivity index (χ1n) is 6.83.